The molecule has 7 nitrogen and oxygen atoms in total. The highest BCUT2D eigenvalue weighted by molar-refractivity contribution is 6.35. The number of methoxy groups -OCH3 is 1. The van der Waals surface area contributed by atoms with Gasteiger partial charge in [-0.15, -0.1) is 0 Å². The predicted octanol–water partition coefficient (Wildman–Crippen LogP) is 6.84. The van der Waals surface area contributed by atoms with Crippen LogP contribution in [-0.4, -0.2) is 42.4 Å². The Morgan fingerprint density at radius 1 is 0.975 bits per heavy atom. The normalized spacial score (nSPS) is 15.4. The van der Waals surface area contributed by atoms with Gasteiger partial charge in [0, 0.05) is 11.4 Å². The number of esters is 1. The molecule has 0 fully saturated rings. The second-order valence-electron chi connectivity index (χ2n) is 9.28. The van der Waals surface area contributed by atoms with E-state index in [4.69, 9.17) is 42.5 Å². The van der Waals surface area contributed by atoms with E-state index in [1.165, 1.54) is 18.0 Å². The van der Waals surface area contributed by atoms with Crippen LogP contribution in [0.25, 0.3) is 10.8 Å². The van der Waals surface area contributed by atoms with Crippen molar-refractivity contribution in [3.05, 3.63) is 106 Å². The van der Waals surface area contributed by atoms with Gasteiger partial charge < -0.3 is 14.2 Å². The summed E-state index contributed by atoms with van der Waals surface area (Å²) in [5.41, 5.74) is 2.57. The minimum Gasteiger partial charge on any atom is -0.497 e. The van der Waals surface area contributed by atoms with E-state index in [2.05, 4.69) is 6.07 Å². The van der Waals surface area contributed by atoms with Crippen LogP contribution in [-0.2, 0) is 14.3 Å². The molecule has 0 N–H and O–H groups in total. The smallest absolute Gasteiger partial charge is 0.347 e. The second-order valence-corrected chi connectivity index (χ2v) is 10.1. The predicted molar refractivity (Wildman–Crippen MR) is 155 cm³/mol. The third kappa shape index (κ3) is 6.06. The van der Waals surface area contributed by atoms with E-state index in [9.17, 15) is 9.59 Å². The molecule has 9 heteroatoms. The Balaban J connectivity index is 1.33. The van der Waals surface area contributed by atoms with E-state index >= 15 is 0 Å². The summed E-state index contributed by atoms with van der Waals surface area (Å²) in [7, 11) is 1.60. The topological polar surface area (TPSA) is 77.4 Å². The monoisotopic (exact) mass is 576 g/mol. The quantitative estimate of drug-likeness (QED) is 0.214. The highest BCUT2D eigenvalue weighted by atomic mass is 35.5. The third-order valence-corrected chi connectivity index (χ3v) is 7.15. The number of hydrogen-bond acceptors (Lipinski definition) is 6. The van der Waals surface area contributed by atoms with Gasteiger partial charge >= 0.3 is 5.97 Å². The van der Waals surface area contributed by atoms with Gasteiger partial charge in [0.1, 0.15) is 11.5 Å². The largest absolute Gasteiger partial charge is 0.497 e. The Kier molecular flexibility index (Phi) is 8.24. The summed E-state index contributed by atoms with van der Waals surface area (Å²) in [6.07, 6.45) is -0.502. The lowest BCUT2D eigenvalue weighted by molar-refractivity contribution is -0.158. The molecule has 1 heterocycles. The van der Waals surface area contributed by atoms with Crippen LogP contribution in [0.15, 0.2) is 90.0 Å². The maximum Gasteiger partial charge on any atom is 0.347 e. The minimum absolute atomic E-state index is 0.262. The molecule has 0 bridgehead atoms. The fourth-order valence-electron chi connectivity index (χ4n) is 4.49. The van der Waals surface area contributed by atoms with Crippen molar-refractivity contribution in [1.82, 2.24) is 5.01 Å². The van der Waals surface area contributed by atoms with Crippen molar-refractivity contribution in [3.63, 3.8) is 0 Å². The van der Waals surface area contributed by atoms with Gasteiger partial charge in [-0.3, -0.25) is 4.79 Å². The Labute approximate surface area is 241 Å². The summed E-state index contributed by atoms with van der Waals surface area (Å²) in [5, 5.41) is 8.99. The summed E-state index contributed by atoms with van der Waals surface area (Å²) < 4.78 is 16.2. The lowest BCUT2D eigenvalue weighted by Crippen LogP contribution is -2.34. The first-order valence-electron chi connectivity index (χ1n) is 12.6. The number of hydrazone groups is 1. The van der Waals surface area contributed by atoms with E-state index in [1.54, 1.807) is 19.2 Å². The number of halogens is 2. The average molecular weight is 577 g/mol. The van der Waals surface area contributed by atoms with E-state index < -0.39 is 24.6 Å². The molecule has 0 aliphatic carbocycles. The van der Waals surface area contributed by atoms with Crippen molar-refractivity contribution in [1.29, 1.82) is 0 Å². The van der Waals surface area contributed by atoms with Crippen LogP contribution in [0.1, 0.15) is 30.5 Å². The first kappa shape index (κ1) is 27.5. The molecule has 1 aliphatic heterocycles. The number of carbonyl (C=O) groups excluding carboxylic acids is 2. The highest BCUT2D eigenvalue weighted by Gasteiger charge is 2.34. The number of ether oxygens (including phenoxy) is 3. The molecular formula is C31H26Cl2N2O5. The number of carbonyl (C=O) groups is 2. The van der Waals surface area contributed by atoms with Crippen molar-refractivity contribution in [3.8, 4) is 11.5 Å². The van der Waals surface area contributed by atoms with Crippen LogP contribution in [0.2, 0.25) is 10.0 Å². The van der Waals surface area contributed by atoms with Crippen LogP contribution in [0.3, 0.4) is 0 Å². The fraction of sp³-hybridized carbons (Fsp3) is 0.194. The molecule has 0 radical (unpaired) electrons. The molecule has 4 aromatic rings. The van der Waals surface area contributed by atoms with Gasteiger partial charge in [-0.2, -0.15) is 5.10 Å². The second kappa shape index (κ2) is 12.0. The SMILES string of the molecule is COc1ccc(C2CC(c3ccc4ccccc4c3)=NN2C(=O)COC(=O)C(C)Oc2ccc(Cl)cc2Cl)cc1. The van der Waals surface area contributed by atoms with Gasteiger partial charge in [-0.1, -0.05) is 71.7 Å². The zero-order valence-corrected chi connectivity index (χ0v) is 23.4. The Bertz CT molecular complexity index is 1590. The molecule has 204 valence electrons. The maximum absolute atomic E-state index is 13.4. The zero-order valence-electron chi connectivity index (χ0n) is 21.8. The summed E-state index contributed by atoms with van der Waals surface area (Å²) >= 11 is 12.1. The Morgan fingerprint density at radius 2 is 1.73 bits per heavy atom. The van der Waals surface area contributed by atoms with E-state index in [0.717, 1.165) is 27.6 Å². The van der Waals surface area contributed by atoms with Gasteiger partial charge in [-0.25, -0.2) is 9.80 Å². The van der Waals surface area contributed by atoms with Gasteiger partial charge in [0.25, 0.3) is 5.91 Å². The fourth-order valence-corrected chi connectivity index (χ4v) is 4.95. The Hall–Kier alpha value is -4.07. The van der Waals surface area contributed by atoms with Crippen molar-refractivity contribution in [2.24, 2.45) is 5.10 Å². The molecule has 0 spiro atoms. The lowest BCUT2D eigenvalue weighted by Gasteiger charge is -2.22. The van der Waals surface area contributed by atoms with Crippen molar-refractivity contribution >= 4 is 51.6 Å². The molecule has 1 aliphatic rings. The van der Waals surface area contributed by atoms with E-state index in [-0.39, 0.29) is 16.8 Å². The van der Waals surface area contributed by atoms with Crippen LogP contribution in [0.5, 0.6) is 11.5 Å². The molecule has 40 heavy (non-hydrogen) atoms. The molecule has 0 aromatic heterocycles. The molecule has 2 atom stereocenters. The van der Waals surface area contributed by atoms with Crippen molar-refractivity contribution in [2.75, 3.05) is 13.7 Å². The van der Waals surface area contributed by atoms with Gasteiger partial charge in [0.15, 0.2) is 12.7 Å². The molecule has 1 amide bonds. The minimum atomic E-state index is -1.00. The summed E-state index contributed by atoms with van der Waals surface area (Å²) in [6, 6.07) is 26.0. The number of rotatable bonds is 8. The molecule has 0 saturated carbocycles. The first-order chi connectivity index (χ1) is 19.3. The summed E-state index contributed by atoms with van der Waals surface area (Å²) in [5.74, 6) is -0.176. The van der Waals surface area contributed by atoms with Gasteiger partial charge in [0.2, 0.25) is 0 Å². The zero-order chi connectivity index (χ0) is 28.2. The maximum atomic E-state index is 13.4. The number of amides is 1. The van der Waals surface area contributed by atoms with Gasteiger partial charge in [-0.05, 0) is 65.2 Å². The molecular weight excluding hydrogens is 551 g/mol. The van der Waals surface area contributed by atoms with Crippen molar-refractivity contribution in [2.45, 2.75) is 25.5 Å². The average Bonchev–Trinajstić information content (AvgIpc) is 3.42. The molecule has 5 rings (SSSR count). The number of hydrogen-bond donors (Lipinski definition) is 0. The van der Waals surface area contributed by atoms with Crippen LogP contribution in [0.4, 0.5) is 0 Å². The van der Waals surface area contributed by atoms with E-state index in [1.807, 2.05) is 60.7 Å². The van der Waals surface area contributed by atoms with Crippen molar-refractivity contribution < 1.29 is 23.8 Å². The molecule has 2 unspecified atom stereocenters. The number of benzene rings is 4. The lowest BCUT2D eigenvalue weighted by atomic mass is 9.97. The molecule has 0 saturated heterocycles. The third-order valence-electron chi connectivity index (χ3n) is 6.62. The van der Waals surface area contributed by atoms with Crippen LogP contribution >= 0.6 is 23.2 Å². The van der Waals surface area contributed by atoms with E-state index in [0.29, 0.717) is 17.2 Å². The molecule has 4 aromatic carbocycles. The van der Waals surface area contributed by atoms with Crippen LogP contribution < -0.4 is 9.47 Å². The number of nitrogens with zero attached hydrogens (tertiary/aromatic N) is 2. The summed E-state index contributed by atoms with van der Waals surface area (Å²) in [6.45, 7) is 1.02. The highest BCUT2D eigenvalue weighted by Crippen LogP contribution is 2.34. The first-order valence-corrected chi connectivity index (χ1v) is 13.4. The number of fused-ring (bicyclic) bond motifs is 1. The Morgan fingerprint density at radius 3 is 2.45 bits per heavy atom. The summed E-state index contributed by atoms with van der Waals surface area (Å²) in [4.78, 5) is 26.0. The van der Waals surface area contributed by atoms with Crippen LogP contribution in [0, 0.1) is 0 Å². The van der Waals surface area contributed by atoms with Gasteiger partial charge in [0.05, 0.1) is 23.9 Å². The standard InChI is InChI=1S/C31H26Cl2N2O5/c1-19(40-29-14-11-24(32)16-26(29)33)31(37)39-18-30(36)35-28(21-9-12-25(38-2)13-10-21)17-27(34-35)23-8-7-20-5-3-4-6-22(20)15-23/h3-16,19,28H,17-18H2,1-2H3.